The highest BCUT2D eigenvalue weighted by molar-refractivity contribution is 6.03. The van der Waals surface area contributed by atoms with E-state index >= 15 is 0 Å². The zero-order valence-corrected chi connectivity index (χ0v) is 10.4. The number of hydrogen-bond acceptors (Lipinski definition) is 5. The van der Waals surface area contributed by atoms with Crippen LogP contribution < -0.4 is 21.3 Å². The van der Waals surface area contributed by atoms with E-state index in [-0.39, 0.29) is 11.6 Å². The first-order valence-corrected chi connectivity index (χ1v) is 5.61. The molecule has 0 radical (unpaired) electrons. The second kappa shape index (κ2) is 5.83. The van der Waals surface area contributed by atoms with Crippen LogP contribution in [0.4, 0.5) is 11.4 Å². The van der Waals surface area contributed by atoms with Gasteiger partial charge in [-0.25, -0.2) is 0 Å². The molecule has 0 spiro atoms. The maximum atomic E-state index is 12.0. The summed E-state index contributed by atoms with van der Waals surface area (Å²) in [6.45, 7) is 0. The Kier molecular flexibility index (Phi) is 3.94. The average molecular weight is 258 g/mol. The van der Waals surface area contributed by atoms with E-state index < -0.39 is 0 Å². The molecule has 0 saturated heterocycles. The number of pyridine rings is 1. The SMILES string of the molecule is COc1cccc(NC(=O)c2cc(NN)ccn2)c1. The van der Waals surface area contributed by atoms with Crippen molar-refractivity contribution < 1.29 is 9.53 Å². The van der Waals surface area contributed by atoms with Crippen LogP contribution in [0.2, 0.25) is 0 Å². The normalized spacial score (nSPS) is 9.79. The summed E-state index contributed by atoms with van der Waals surface area (Å²) in [5.74, 6) is 5.64. The van der Waals surface area contributed by atoms with E-state index in [9.17, 15) is 4.79 Å². The Bertz CT molecular complexity index is 586. The first kappa shape index (κ1) is 12.8. The van der Waals surface area contributed by atoms with Crippen molar-refractivity contribution in [1.82, 2.24) is 4.98 Å². The van der Waals surface area contributed by atoms with Gasteiger partial charge in [0.2, 0.25) is 0 Å². The third-order valence-electron chi connectivity index (χ3n) is 2.49. The average Bonchev–Trinajstić information content (AvgIpc) is 2.47. The molecular weight excluding hydrogens is 244 g/mol. The van der Waals surface area contributed by atoms with Crippen molar-refractivity contribution in [3.8, 4) is 5.75 Å². The minimum absolute atomic E-state index is 0.276. The number of methoxy groups -OCH3 is 1. The van der Waals surface area contributed by atoms with Crippen LogP contribution in [0.3, 0.4) is 0 Å². The second-order valence-corrected chi connectivity index (χ2v) is 3.76. The fraction of sp³-hybridized carbons (Fsp3) is 0.0769. The summed E-state index contributed by atoms with van der Waals surface area (Å²) in [5, 5.41) is 2.73. The van der Waals surface area contributed by atoms with Crippen LogP contribution in [0.15, 0.2) is 42.6 Å². The molecule has 98 valence electrons. The van der Waals surface area contributed by atoms with Crippen LogP contribution in [0.5, 0.6) is 5.75 Å². The van der Waals surface area contributed by atoms with E-state index in [0.29, 0.717) is 17.1 Å². The third kappa shape index (κ3) is 3.20. The largest absolute Gasteiger partial charge is 0.497 e. The Morgan fingerprint density at radius 3 is 2.84 bits per heavy atom. The van der Waals surface area contributed by atoms with E-state index in [1.807, 2.05) is 0 Å². The molecule has 1 amide bonds. The summed E-state index contributed by atoms with van der Waals surface area (Å²) in [6.07, 6.45) is 1.51. The zero-order chi connectivity index (χ0) is 13.7. The summed E-state index contributed by atoms with van der Waals surface area (Å²) in [7, 11) is 1.57. The maximum Gasteiger partial charge on any atom is 0.274 e. The van der Waals surface area contributed by atoms with E-state index in [2.05, 4.69) is 15.7 Å². The molecule has 1 aromatic heterocycles. The van der Waals surface area contributed by atoms with Gasteiger partial charge in [-0.3, -0.25) is 15.6 Å². The van der Waals surface area contributed by atoms with E-state index in [4.69, 9.17) is 10.6 Å². The molecule has 0 saturated carbocycles. The van der Waals surface area contributed by atoms with Gasteiger partial charge in [-0.15, -0.1) is 0 Å². The predicted octanol–water partition coefficient (Wildman–Crippen LogP) is 1.63. The van der Waals surface area contributed by atoms with Gasteiger partial charge in [-0.05, 0) is 24.3 Å². The van der Waals surface area contributed by atoms with Crippen LogP contribution in [0, 0.1) is 0 Å². The molecule has 0 unspecified atom stereocenters. The number of hydrazine groups is 1. The minimum Gasteiger partial charge on any atom is -0.497 e. The molecule has 0 aliphatic rings. The lowest BCUT2D eigenvalue weighted by atomic mass is 10.2. The molecule has 0 aliphatic carbocycles. The van der Waals surface area contributed by atoms with Gasteiger partial charge in [0.1, 0.15) is 11.4 Å². The molecule has 4 N–H and O–H groups in total. The standard InChI is InChI=1S/C13H14N4O2/c1-19-11-4-2-3-9(7-11)16-13(18)12-8-10(17-14)5-6-15-12/h2-8H,14H2,1H3,(H,15,17)(H,16,18). The molecule has 19 heavy (non-hydrogen) atoms. The first-order chi connectivity index (χ1) is 9.22. The Morgan fingerprint density at radius 1 is 1.26 bits per heavy atom. The monoisotopic (exact) mass is 258 g/mol. The fourth-order valence-corrected chi connectivity index (χ4v) is 1.54. The summed E-state index contributed by atoms with van der Waals surface area (Å²) in [6, 6.07) is 10.3. The molecule has 2 aromatic rings. The lowest BCUT2D eigenvalue weighted by Gasteiger charge is -2.07. The number of hydrogen-bond donors (Lipinski definition) is 3. The first-order valence-electron chi connectivity index (χ1n) is 5.61. The number of nitrogens with two attached hydrogens (primary N) is 1. The molecule has 6 nitrogen and oxygen atoms in total. The number of benzene rings is 1. The number of carbonyl (C=O) groups is 1. The van der Waals surface area contributed by atoms with Crippen LogP contribution in [0.25, 0.3) is 0 Å². The second-order valence-electron chi connectivity index (χ2n) is 3.76. The smallest absolute Gasteiger partial charge is 0.274 e. The number of nitrogens with zero attached hydrogens (tertiary/aromatic N) is 1. The number of aromatic nitrogens is 1. The molecule has 1 aromatic carbocycles. The van der Waals surface area contributed by atoms with Gasteiger partial charge in [-0.1, -0.05) is 6.07 Å². The van der Waals surface area contributed by atoms with Crippen molar-refractivity contribution in [2.24, 2.45) is 5.84 Å². The van der Waals surface area contributed by atoms with Crippen LogP contribution in [-0.4, -0.2) is 18.0 Å². The Labute approximate surface area is 110 Å². The summed E-state index contributed by atoms with van der Waals surface area (Å²) in [5.41, 5.74) is 3.99. The van der Waals surface area contributed by atoms with Crippen molar-refractivity contribution in [1.29, 1.82) is 0 Å². The van der Waals surface area contributed by atoms with Gasteiger partial charge in [0, 0.05) is 18.0 Å². The number of carbonyl (C=O) groups excluding carboxylic acids is 1. The molecule has 1 heterocycles. The van der Waals surface area contributed by atoms with Gasteiger partial charge in [0.25, 0.3) is 5.91 Å². The van der Waals surface area contributed by atoms with E-state index in [1.165, 1.54) is 6.20 Å². The number of amides is 1. The Morgan fingerprint density at radius 2 is 2.11 bits per heavy atom. The highest BCUT2D eigenvalue weighted by atomic mass is 16.5. The van der Waals surface area contributed by atoms with Crippen molar-refractivity contribution in [2.75, 3.05) is 17.9 Å². The molecule has 0 bridgehead atoms. The molecule has 0 atom stereocenters. The predicted molar refractivity (Wildman–Crippen MR) is 73.0 cm³/mol. The lowest BCUT2D eigenvalue weighted by Crippen LogP contribution is -2.15. The number of anilines is 2. The molecular formula is C13H14N4O2. The quantitative estimate of drug-likeness (QED) is 0.573. The Hall–Kier alpha value is -2.60. The highest BCUT2D eigenvalue weighted by Gasteiger charge is 2.08. The molecule has 6 heteroatoms. The molecule has 0 aliphatic heterocycles. The third-order valence-corrected chi connectivity index (χ3v) is 2.49. The minimum atomic E-state index is -0.314. The van der Waals surface area contributed by atoms with Crippen molar-refractivity contribution >= 4 is 17.3 Å². The molecule has 0 fully saturated rings. The summed E-state index contributed by atoms with van der Waals surface area (Å²) < 4.78 is 5.09. The topological polar surface area (TPSA) is 89.3 Å². The highest BCUT2D eigenvalue weighted by Crippen LogP contribution is 2.17. The van der Waals surface area contributed by atoms with Gasteiger partial charge in [0.15, 0.2) is 0 Å². The van der Waals surface area contributed by atoms with E-state index in [1.54, 1.807) is 43.5 Å². The number of rotatable bonds is 4. The maximum absolute atomic E-state index is 12.0. The lowest BCUT2D eigenvalue weighted by molar-refractivity contribution is 0.102. The van der Waals surface area contributed by atoms with Crippen LogP contribution in [-0.2, 0) is 0 Å². The Balaban J connectivity index is 2.15. The van der Waals surface area contributed by atoms with Crippen molar-refractivity contribution in [3.63, 3.8) is 0 Å². The number of nitrogen functional groups attached to an aromatic ring is 1. The van der Waals surface area contributed by atoms with Gasteiger partial charge < -0.3 is 15.5 Å². The van der Waals surface area contributed by atoms with Gasteiger partial charge in [0.05, 0.1) is 12.8 Å². The van der Waals surface area contributed by atoms with Crippen molar-refractivity contribution in [2.45, 2.75) is 0 Å². The number of ether oxygens (including phenoxy) is 1. The van der Waals surface area contributed by atoms with Gasteiger partial charge in [-0.2, -0.15) is 0 Å². The fourth-order valence-electron chi connectivity index (χ4n) is 1.54. The molecule has 2 rings (SSSR count). The summed E-state index contributed by atoms with van der Waals surface area (Å²) in [4.78, 5) is 16.0. The van der Waals surface area contributed by atoms with Crippen molar-refractivity contribution in [3.05, 3.63) is 48.3 Å². The van der Waals surface area contributed by atoms with Crippen LogP contribution in [0.1, 0.15) is 10.5 Å². The van der Waals surface area contributed by atoms with Gasteiger partial charge >= 0.3 is 0 Å². The zero-order valence-electron chi connectivity index (χ0n) is 10.4. The summed E-state index contributed by atoms with van der Waals surface area (Å²) >= 11 is 0. The van der Waals surface area contributed by atoms with E-state index in [0.717, 1.165) is 0 Å². The van der Waals surface area contributed by atoms with Crippen LogP contribution >= 0.6 is 0 Å². The number of nitrogens with one attached hydrogen (secondary N) is 2.